The molecule has 2 atom stereocenters. The molecule has 1 amide bonds. The Morgan fingerprint density at radius 3 is 2.86 bits per heavy atom. The lowest BCUT2D eigenvalue weighted by Gasteiger charge is -2.21. The Labute approximate surface area is 135 Å². The molecular formula is C19H19NOS. The highest BCUT2D eigenvalue weighted by molar-refractivity contribution is 7.12. The van der Waals surface area contributed by atoms with E-state index in [1.54, 1.807) is 11.3 Å². The monoisotopic (exact) mass is 309 g/mol. The highest BCUT2D eigenvalue weighted by atomic mass is 32.1. The van der Waals surface area contributed by atoms with Gasteiger partial charge in [-0.2, -0.15) is 0 Å². The highest BCUT2D eigenvalue weighted by Crippen LogP contribution is 2.50. The molecule has 0 aliphatic heterocycles. The molecule has 22 heavy (non-hydrogen) atoms. The van der Waals surface area contributed by atoms with Gasteiger partial charge in [-0.25, -0.2) is 0 Å². The van der Waals surface area contributed by atoms with Crippen molar-refractivity contribution in [1.82, 2.24) is 0 Å². The Morgan fingerprint density at radius 2 is 2.23 bits per heavy atom. The molecule has 1 aromatic carbocycles. The number of carbonyl (C=O) groups excluding carboxylic acids is 1. The van der Waals surface area contributed by atoms with Crippen molar-refractivity contribution in [3.8, 4) is 12.3 Å². The largest absolute Gasteiger partial charge is 0.312 e. The molecule has 3 rings (SSSR count). The number of terminal acetylenes is 1. The average molecular weight is 309 g/mol. The van der Waals surface area contributed by atoms with Gasteiger partial charge in [0.1, 0.15) is 0 Å². The number of thiophene rings is 1. The third-order valence-corrected chi connectivity index (χ3v) is 5.27. The van der Waals surface area contributed by atoms with Gasteiger partial charge in [0.05, 0.1) is 0 Å². The molecular weight excluding hydrogens is 290 g/mol. The van der Waals surface area contributed by atoms with Crippen LogP contribution in [0.1, 0.15) is 34.6 Å². The van der Waals surface area contributed by atoms with E-state index in [-0.39, 0.29) is 11.8 Å². The summed E-state index contributed by atoms with van der Waals surface area (Å²) < 4.78 is 0. The number of hydrogen-bond donors (Lipinski definition) is 0. The van der Waals surface area contributed by atoms with Gasteiger partial charge < -0.3 is 4.90 Å². The third-order valence-electron chi connectivity index (χ3n) is 4.14. The first kappa shape index (κ1) is 14.9. The first-order valence-electron chi connectivity index (χ1n) is 7.58. The number of hydrogen-bond acceptors (Lipinski definition) is 2. The standard InChI is InChI=1S/C19H19NOS/c1-4-14-7-6-8-15(11-14)20(5-2)19(21)17-12-16(17)18-10-9-13(3)22-18/h1,6-11,16-17H,5,12H2,2-3H3. The molecule has 0 saturated heterocycles. The second-order valence-corrected chi connectivity index (χ2v) is 6.99. The van der Waals surface area contributed by atoms with Crippen LogP contribution >= 0.6 is 11.3 Å². The van der Waals surface area contributed by atoms with Crippen molar-refractivity contribution in [3.05, 3.63) is 51.7 Å². The summed E-state index contributed by atoms with van der Waals surface area (Å²) in [7, 11) is 0. The van der Waals surface area contributed by atoms with Crippen molar-refractivity contribution in [2.75, 3.05) is 11.4 Å². The zero-order valence-corrected chi connectivity index (χ0v) is 13.7. The predicted molar refractivity (Wildman–Crippen MR) is 92.3 cm³/mol. The molecule has 0 bridgehead atoms. The number of aryl methyl sites for hydroxylation is 1. The topological polar surface area (TPSA) is 20.3 Å². The lowest BCUT2D eigenvalue weighted by molar-refractivity contribution is -0.119. The predicted octanol–water partition coefficient (Wildman–Crippen LogP) is 4.19. The van der Waals surface area contributed by atoms with Gasteiger partial charge in [-0.3, -0.25) is 4.79 Å². The molecule has 2 nitrogen and oxygen atoms in total. The van der Waals surface area contributed by atoms with Crippen LogP contribution < -0.4 is 4.90 Å². The maximum Gasteiger partial charge on any atom is 0.230 e. The summed E-state index contributed by atoms with van der Waals surface area (Å²) in [5.74, 6) is 3.36. The van der Waals surface area contributed by atoms with Gasteiger partial charge in [-0.05, 0) is 50.6 Å². The average Bonchev–Trinajstić information content (AvgIpc) is 3.23. The highest BCUT2D eigenvalue weighted by Gasteiger charge is 2.46. The van der Waals surface area contributed by atoms with Crippen molar-refractivity contribution >= 4 is 22.9 Å². The van der Waals surface area contributed by atoms with Crippen LogP contribution in [-0.2, 0) is 4.79 Å². The van der Waals surface area contributed by atoms with E-state index < -0.39 is 0 Å². The Bertz CT molecular complexity index is 740. The quantitative estimate of drug-likeness (QED) is 0.775. The molecule has 0 spiro atoms. The second-order valence-electron chi connectivity index (χ2n) is 5.67. The molecule has 1 aromatic heterocycles. The fraction of sp³-hybridized carbons (Fsp3) is 0.316. The first-order chi connectivity index (χ1) is 10.6. The second kappa shape index (κ2) is 5.98. The Balaban J connectivity index is 1.77. The molecule has 0 radical (unpaired) electrons. The summed E-state index contributed by atoms with van der Waals surface area (Å²) in [5.41, 5.74) is 1.71. The number of benzene rings is 1. The molecule has 112 valence electrons. The maximum atomic E-state index is 12.8. The van der Waals surface area contributed by atoms with Crippen molar-refractivity contribution in [2.24, 2.45) is 5.92 Å². The van der Waals surface area contributed by atoms with Gasteiger partial charge >= 0.3 is 0 Å². The minimum atomic E-state index is 0.118. The first-order valence-corrected chi connectivity index (χ1v) is 8.40. The van der Waals surface area contributed by atoms with E-state index in [4.69, 9.17) is 6.42 Å². The van der Waals surface area contributed by atoms with Crippen LogP contribution in [0.25, 0.3) is 0 Å². The SMILES string of the molecule is C#Cc1cccc(N(CC)C(=O)C2CC2c2ccc(C)s2)c1. The van der Waals surface area contributed by atoms with E-state index in [1.807, 2.05) is 36.1 Å². The van der Waals surface area contributed by atoms with Gasteiger partial charge in [-0.15, -0.1) is 17.8 Å². The van der Waals surface area contributed by atoms with E-state index in [9.17, 15) is 4.79 Å². The van der Waals surface area contributed by atoms with E-state index >= 15 is 0 Å². The van der Waals surface area contributed by atoms with Crippen LogP contribution in [0.5, 0.6) is 0 Å². The van der Waals surface area contributed by atoms with Crippen LogP contribution in [0, 0.1) is 25.2 Å². The van der Waals surface area contributed by atoms with Crippen molar-refractivity contribution in [3.63, 3.8) is 0 Å². The smallest absolute Gasteiger partial charge is 0.230 e. The van der Waals surface area contributed by atoms with Crippen molar-refractivity contribution < 1.29 is 4.79 Å². The Hall–Kier alpha value is -2.05. The molecule has 1 aliphatic carbocycles. The number of anilines is 1. The van der Waals surface area contributed by atoms with Crippen molar-refractivity contribution in [1.29, 1.82) is 0 Å². The molecule has 0 N–H and O–H groups in total. The number of nitrogens with zero attached hydrogens (tertiary/aromatic N) is 1. The van der Waals surface area contributed by atoms with Crippen LogP contribution in [0.2, 0.25) is 0 Å². The minimum Gasteiger partial charge on any atom is -0.312 e. The van der Waals surface area contributed by atoms with Gasteiger partial charge in [0.25, 0.3) is 0 Å². The molecule has 1 saturated carbocycles. The van der Waals surface area contributed by atoms with Crippen LogP contribution in [-0.4, -0.2) is 12.5 Å². The van der Waals surface area contributed by atoms with Crippen molar-refractivity contribution in [2.45, 2.75) is 26.2 Å². The summed E-state index contributed by atoms with van der Waals surface area (Å²) in [6.45, 7) is 4.78. The van der Waals surface area contributed by atoms with Gasteiger partial charge in [-0.1, -0.05) is 12.0 Å². The molecule has 1 aliphatic rings. The molecule has 2 aromatic rings. The van der Waals surface area contributed by atoms with E-state index in [1.165, 1.54) is 9.75 Å². The lowest BCUT2D eigenvalue weighted by atomic mass is 10.1. The summed E-state index contributed by atoms with van der Waals surface area (Å²) in [4.78, 5) is 17.3. The lowest BCUT2D eigenvalue weighted by Crippen LogP contribution is -2.32. The minimum absolute atomic E-state index is 0.118. The maximum absolute atomic E-state index is 12.8. The summed E-state index contributed by atoms with van der Waals surface area (Å²) >= 11 is 1.80. The normalized spacial score (nSPS) is 19.5. The Kier molecular flexibility index (Phi) is 4.04. The van der Waals surface area contributed by atoms with Gasteiger partial charge in [0.15, 0.2) is 0 Å². The van der Waals surface area contributed by atoms with Crippen LogP contribution in [0.15, 0.2) is 36.4 Å². The van der Waals surface area contributed by atoms with E-state index in [2.05, 4.69) is 25.0 Å². The molecule has 1 heterocycles. The summed E-state index contributed by atoms with van der Waals surface area (Å²) in [6, 6.07) is 12.0. The number of rotatable bonds is 4. The fourth-order valence-electron chi connectivity index (χ4n) is 2.86. The van der Waals surface area contributed by atoms with Crippen LogP contribution in [0.4, 0.5) is 5.69 Å². The zero-order valence-electron chi connectivity index (χ0n) is 12.9. The number of carbonyl (C=O) groups is 1. The zero-order chi connectivity index (χ0) is 15.7. The third kappa shape index (κ3) is 2.80. The van der Waals surface area contributed by atoms with E-state index in [0.717, 1.165) is 17.7 Å². The Morgan fingerprint density at radius 1 is 1.41 bits per heavy atom. The fourth-order valence-corrected chi connectivity index (χ4v) is 3.92. The van der Waals surface area contributed by atoms with Gasteiger partial charge in [0.2, 0.25) is 5.91 Å². The van der Waals surface area contributed by atoms with Gasteiger partial charge in [0, 0.05) is 39.4 Å². The number of amides is 1. The van der Waals surface area contributed by atoms with Crippen LogP contribution in [0.3, 0.4) is 0 Å². The molecule has 2 unspecified atom stereocenters. The van der Waals surface area contributed by atoms with E-state index in [0.29, 0.717) is 12.5 Å². The summed E-state index contributed by atoms with van der Waals surface area (Å²) in [6.07, 6.45) is 6.42. The summed E-state index contributed by atoms with van der Waals surface area (Å²) in [5, 5.41) is 0. The molecule has 3 heteroatoms. The molecule has 1 fully saturated rings.